The number of benzene rings is 3. The lowest BCUT2D eigenvalue weighted by Gasteiger charge is -2.26. The number of nitrogens with one attached hydrogen (secondary N) is 1. The Morgan fingerprint density at radius 2 is 1.81 bits per heavy atom. The van der Waals surface area contributed by atoms with E-state index in [-0.39, 0.29) is 23.6 Å². The lowest BCUT2D eigenvalue weighted by Crippen LogP contribution is -2.54. The molecular formula is C27H20FN3O6. The van der Waals surface area contributed by atoms with Crippen LogP contribution in [0, 0.1) is 15.9 Å². The molecular weight excluding hydrogens is 481 g/mol. The average molecular weight is 501 g/mol. The standard InChI is InChI=1S/C27H20FN3O6/c1-2-4-19-13-17(7-12-24(19)37-16-18-5-3-6-22(14-18)31(35)36)15-23-25(32)29-27(34)30(26(23)33)21-10-8-20(28)9-11-21/h2-3,5-15H,1,4,16H2,(H,29,32,34)/b23-15+. The van der Waals surface area contributed by atoms with Crippen LogP contribution in [0.3, 0.4) is 0 Å². The molecule has 0 aliphatic carbocycles. The number of allylic oxidation sites excluding steroid dienone is 1. The van der Waals surface area contributed by atoms with Crippen molar-refractivity contribution in [2.45, 2.75) is 13.0 Å². The van der Waals surface area contributed by atoms with Crippen LogP contribution in [0.15, 0.2) is 85.0 Å². The summed E-state index contributed by atoms with van der Waals surface area (Å²) in [6.07, 6.45) is 3.40. The van der Waals surface area contributed by atoms with Gasteiger partial charge in [-0.05, 0) is 65.6 Å². The molecule has 1 N–H and O–H groups in total. The van der Waals surface area contributed by atoms with Crippen LogP contribution in [-0.4, -0.2) is 22.8 Å². The third-order valence-electron chi connectivity index (χ3n) is 5.46. The van der Waals surface area contributed by atoms with Crippen LogP contribution in [0.1, 0.15) is 16.7 Å². The maximum absolute atomic E-state index is 13.3. The second-order valence-electron chi connectivity index (χ2n) is 8.01. The van der Waals surface area contributed by atoms with Gasteiger partial charge in [0.2, 0.25) is 0 Å². The number of hydrogen-bond acceptors (Lipinski definition) is 6. The molecule has 4 rings (SSSR count). The minimum atomic E-state index is -0.934. The first-order valence-electron chi connectivity index (χ1n) is 11.0. The van der Waals surface area contributed by atoms with Gasteiger partial charge in [0.15, 0.2) is 0 Å². The molecule has 186 valence electrons. The molecule has 0 bridgehead atoms. The molecule has 0 aromatic heterocycles. The molecule has 0 atom stereocenters. The van der Waals surface area contributed by atoms with Crippen LogP contribution in [-0.2, 0) is 22.6 Å². The molecule has 9 nitrogen and oxygen atoms in total. The number of imide groups is 2. The topological polar surface area (TPSA) is 119 Å². The van der Waals surface area contributed by atoms with E-state index in [4.69, 9.17) is 4.74 Å². The Morgan fingerprint density at radius 1 is 1.05 bits per heavy atom. The predicted octanol–water partition coefficient (Wildman–Crippen LogP) is 4.71. The van der Waals surface area contributed by atoms with Crippen molar-refractivity contribution in [2.24, 2.45) is 0 Å². The molecule has 0 saturated carbocycles. The van der Waals surface area contributed by atoms with Crippen molar-refractivity contribution in [2.75, 3.05) is 4.90 Å². The van der Waals surface area contributed by atoms with E-state index in [9.17, 15) is 28.9 Å². The number of barbiturate groups is 1. The molecule has 1 heterocycles. The zero-order valence-corrected chi connectivity index (χ0v) is 19.3. The highest BCUT2D eigenvalue weighted by atomic mass is 19.1. The quantitative estimate of drug-likeness (QED) is 0.157. The summed E-state index contributed by atoms with van der Waals surface area (Å²) >= 11 is 0. The van der Waals surface area contributed by atoms with Crippen LogP contribution in [0.4, 0.5) is 20.6 Å². The highest BCUT2D eigenvalue weighted by Gasteiger charge is 2.36. The van der Waals surface area contributed by atoms with Gasteiger partial charge < -0.3 is 4.74 Å². The van der Waals surface area contributed by atoms with E-state index < -0.39 is 28.6 Å². The van der Waals surface area contributed by atoms with Crippen LogP contribution in [0.2, 0.25) is 0 Å². The van der Waals surface area contributed by atoms with Gasteiger partial charge in [-0.25, -0.2) is 14.1 Å². The van der Waals surface area contributed by atoms with Gasteiger partial charge in [0.1, 0.15) is 23.7 Å². The minimum Gasteiger partial charge on any atom is -0.489 e. The van der Waals surface area contributed by atoms with Crippen LogP contribution in [0.25, 0.3) is 6.08 Å². The summed E-state index contributed by atoms with van der Waals surface area (Å²) in [6, 6.07) is 14.9. The van der Waals surface area contributed by atoms with Gasteiger partial charge in [0, 0.05) is 12.1 Å². The van der Waals surface area contributed by atoms with E-state index in [1.54, 1.807) is 36.4 Å². The van der Waals surface area contributed by atoms with Gasteiger partial charge in [-0.1, -0.05) is 24.3 Å². The zero-order chi connectivity index (χ0) is 26.5. The molecule has 3 aromatic rings. The van der Waals surface area contributed by atoms with E-state index in [0.29, 0.717) is 28.9 Å². The lowest BCUT2D eigenvalue weighted by atomic mass is 10.0. The second-order valence-corrected chi connectivity index (χ2v) is 8.01. The fourth-order valence-electron chi connectivity index (χ4n) is 3.71. The molecule has 0 spiro atoms. The number of ether oxygens (including phenoxy) is 1. The summed E-state index contributed by atoms with van der Waals surface area (Å²) in [4.78, 5) is 49.1. The van der Waals surface area contributed by atoms with Crippen molar-refractivity contribution in [3.8, 4) is 5.75 Å². The first-order valence-corrected chi connectivity index (χ1v) is 11.0. The summed E-state index contributed by atoms with van der Waals surface area (Å²) in [5.74, 6) is -1.75. The smallest absolute Gasteiger partial charge is 0.335 e. The summed E-state index contributed by atoms with van der Waals surface area (Å²) in [6.45, 7) is 3.82. The second kappa shape index (κ2) is 10.6. The summed E-state index contributed by atoms with van der Waals surface area (Å²) < 4.78 is 19.2. The number of nitro benzene ring substituents is 1. The number of anilines is 1. The van der Waals surface area contributed by atoms with Crippen molar-refractivity contribution < 1.29 is 28.4 Å². The third-order valence-corrected chi connectivity index (χ3v) is 5.46. The van der Waals surface area contributed by atoms with Gasteiger partial charge in [-0.3, -0.25) is 25.0 Å². The molecule has 4 amide bonds. The molecule has 1 saturated heterocycles. The number of halogens is 1. The minimum absolute atomic E-state index is 0.0435. The number of rotatable bonds is 8. The molecule has 10 heteroatoms. The van der Waals surface area contributed by atoms with Crippen molar-refractivity contribution >= 4 is 35.3 Å². The van der Waals surface area contributed by atoms with E-state index in [2.05, 4.69) is 11.9 Å². The number of non-ortho nitro benzene ring substituents is 1. The number of carbonyl (C=O) groups excluding carboxylic acids is 3. The maximum atomic E-state index is 13.3. The third kappa shape index (κ3) is 5.59. The number of nitro groups is 1. The monoisotopic (exact) mass is 501 g/mol. The van der Waals surface area contributed by atoms with E-state index in [1.165, 1.54) is 30.3 Å². The number of urea groups is 1. The van der Waals surface area contributed by atoms with Crippen LogP contribution >= 0.6 is 0 Å². The summed E-state index contributed by atoms with van der Waals surface area (Å²) in [7, 11) is 0. The van der Waals surface area contributed by atoms with Crippen molar-refractivity contribution in [3.63, 3.8) is 0 Å². The molecule has 1 aliphatic heterocycles. The number of carbonyl (C=O) groups is 3. The Labute approximate surface area is 210 Å². The van der Waals surface area contributed by atoms with Gasteiger partial charge >= 0.3 is 6.03 Å². The number of amides is 4. The van der Waals surface area contributed by atoms with Crippen molar-refractivity contribution in [3.05, 3.63) is 118 Å². The fraction of sp³-hybridized carbons (Fsp3) is 0.0741. The average Bonchev–Trinajstić information content (AvgIpc) is 2.87. The van der Waals surface area contributed by atoms with Crippen LogP contribution in [0.5, 0.6) is 5.75 Å². The summed E-state index contributed by atoms with van der Waals surface area (Å²) in [5, 5.41) is 13.1. The van der Waals surface area contributed by atoms with Gasteiger partial charge in [-0.15, -0.1) is 6.58 Å². The van der Waals surface area contributed by atoms with Gasteiger partial charge in [0.05, 0.1) is 10.6 Å². The van der Waals surface area contributed by atoms with E-state index in [1.807, 2.05) is 0 Å². The molecule has 3 aromatic carbocycles. The van der Waals surface area contributed by atoms with E-state index in [0.717, 1.165) is 17.0 Å². The Morgan fingerprint density at radius 3 is 2.51 bits per heavy atom. The fourth-order valence-corrected chi connectivity index (χ4v) is 3.71. The Bertz CT molecular complexity index is 1450. The SMILES string of the molecule is C=CCc1cc(/C=C2\C(=O)NC(=O)N(c3ccc(F)cc3)C2=O)ccc1OCc1cccc([N+](=O)[O-])c1. The molecule has 37 heavy (non-hydrogen) atoms. The lowest BCUT2D eigenvalue weighted by molar-refractivity contribution is -0.384. The highest BCUT2D eigenvalue weighted by Crippen LogP contribution is 2.26. The van der Waals surface area contributed by atoms with Crippen LogP contribution < -0.4 is 15.0 Å². The number of hydrogen-bond donors (Lipinski definition) is 1. The first-order chi connectivity index (χ1) is 17.8. The molecule has 0 radical (unpaired) electrons. The van der Waals surface area contributed by atoms with Crippen molar-refractivity contribution in [1.29, 1.82) is 0 Å². The van der Waals surface area contributed by atoms with Gasteiger partial charge in [0.25, 0.3) is 17.5 Å². The van der Waals surface area contributed by atoms with E-state index >= 15 is 0 Å². The normalized spacial score (nSPS) is 14.5. The first kappa shape index (κ1) is 25.0. The molecule has 0 unspecified atom stereocenters. The molecule has 1 aliphatic rings. The molecule has 1 fully saturated rings. The highest BCUT2D eigenvalue weighted by molar-refractivity contribution is 6.39. The zero-order valence-electron chi connectivity index (χ0n) is 19.3. The Kier molecular flexibility index (Phi) is 7.19. The largest absolute Gasteiger partial charge is 0.489 e. The Hall–Kier alpha value is -5.12. The summed E-state index contributed by atoms with van der Waals surface area (Å²) in [5.41, 5.74) is 1.59. The predicted molar refractivity (Wildman–Crippen MR) is 133 cm³/mol. The number of nitrogens with zero attached hydrogens (tertiary/aromatic N) is 2. The van der Waals surface area contributed by atoms with Gasteiger partial charge in [-0.2, -0.15) is 0 Å². The van der Waals surface area contributed by atoms with Crippen molar-refractivity contribution in [1.82, 2.24) is 5.32 Å². The maximum Gasteiger partial charge on any atom is 0.335 e. The Balaban J connectivity index is 1.60.